The van der Waals surface area contributed by atoms with Crippen LogP contribution in [0.25, 0.3) is 11.1 Å². The second-order valence-electron chi connectivity index (χ2n) is 7.99. The van der Waals surface area contributed by atoms with Gasteiger partial charge in [-0.25, -0.2) is 0 Å². The maximum absolute atomic E-state index is 4.75. The molecule has 0 unspecified atom stereocenters. The van der Waals surface area contributed by atoms with E-state index in [1.165, 1.54) is 39.1 Å². The monoisotopic (exact) mass is 279 g/mol. The summed E-state index contributed by atoms with van der Waals surface area (Å²) in [5.74, 6) is 0. The quantitative estimate of drug-likeness (QED) is 0.637. The van der Waals surface area contributed by atoms with Crippen LogP contribution >= 0.6 is 0 Å². The van der Waals surface area contributed by atoms with E-state index in [1.54, 1.807) is 0 Å². The standard InChI is InChI=1S/C20H25N/c1-12-8-13(2)18-15(9-12)14-10-17(19(3,4)5)21-11-16(14)20(18,6)7/h8-11H,1-7H3. The van der Waals surface area contributed by atoms with Crippen molar-refractivity contribution in [2.24, 2.45) is 0 Å². The summed E-state index contributed by atoms with van der Waals surface area (Å²) in [6.07, 6.45) is 2.10. The molecule has 0 bridgehead atoms. The molecule has 1 aromatic heterocycles. The van der Waals surface area contributed by atoms with Crippen LogP contribution in [-0.4, -0.2) is 4.98 Å². The Hall–Kier alpha value is -1.63. The highest BCUT2D eigenvalue weighted by atomic mass is 14.7. The Bertz CT molecular complexity index is 730. The number of aromatic nitrogens is 1. The van der Waals surface area contributed by atoms with E-state index in [4.69, 9.17) is 4.98 Å². The molecule has 0 saturated heterocycles. The number of nitrogens with zero attached hydrogens (tertiary/aromatic N) is 1. The summed E-state index contributed by atoms with van der Waals surface area (Å²) < 4.78 is 0. The fourth-order valence-electron chi connectivity index (χ4n) is 3.73. The molecule has 0 radical (unpaired) electrons. The predicted molar refractivity (Wildman–Crippen MR) is 90.0 cm³/mol. The molecule has 3 rings (SSSR count). The molecule has 1 heterocycles. The van der Waals surface area contributed by atoms with Gasteiger partial charge >= 0.3 is 0 Å². The maximum atomic E-state index is 4.75. The molecular weight excluding hydrogens is 254 g/mol. The zero-order chi connectivity index (χ0) is 15.6. The fourth-order valence-corrected chi connectivity index (χ4v) is 3.73. The minimum absolute atomic E-state index is 0.0475. The summed E-state index contributed by atoms with van der Waals surface area (Å²) >= 11 is 0. The number of fused-ring (bicyclic) bond motifs is 3. The molecule has 0 aliphatic heterocycles. The van der Waals surface area contributed by atoms with Crippen molar-refractivity contribution in [3.63, 3.8) is 0 Å². The Morgan fingerprint density at radius 3 is 2.24 bits per heavy atom. The third kappa shape index (κ3) is 2.02. The van der Waals surface area contributed by atoms with E-state index in [0.29, 0.717) is 0 Å². The Balaban J connectivity index is 2.35. The van der Waals surface area contributed by atoms with Gasteiger partial charge in [0, 0.05) is 22.7 Å². The topological polar surface area (TPSA) is 12.9 Å². The van der Waals surface area contributed by atoms with Gasteiger partial charge in [-0.05, 0) is 47.7 Å². The third-order valence-electron chi connectivity index (χ3n) is 4.74. The molecule has 21 heavy (non-hydrogen) atoms. The molecule has 110 valence electrons. The summed E-state index contributed by atoms with van der Waals surface area (Å²) in [6.45, 7) is 15.7. The van der Waals surface area contributed by atoms with E-state index in [9.17, 15) is 0 Å². The van der Waals surface area contributed by atoms with Crippen LogP contribution < -0.4 is 0 Å². The van der Waals surface area contributed by atoms with Gasteiger partial charge in [0.2, 0.25) is 0 Å². The molecular formula is C20H25N. The predicted octanol–water partition coefficient (Wildman–Crippen LogP) is 5.30. The number of benzene rings is 1. The van der Waals surface area contributed by atoms with E-state index in [0.717, 1.165) is 0 Å². The lowest BCUT2D eigenvalue weighted by molar-refractivity contribution is 0.566. The minimum Gasteiger partial charge on any atom is -0.260 e. The molecule has 1 nitrogen and oxygen atoms in total. The number of hydrogen-bond donors (Lipinski definition) is 0. The number of pyridine rings is 1. The van der Waals surface area contributed by atoms with Crippen molar-refractivity contribution in [1.82, 2.24) is 4.98 Å². The van der Waals surface area contributed by atoms with Crippen LogP contribution in [0.3, 0.4) is 0 Å². The molecule has 0 saturated carbocycles. The van der Waals surface area contributed by atoms with E-state index in [2.05, 4.69) is 72.9 Å². The van der Waals surface area contributed by atoms with Crippen LogP contribution in [0, 0.1) is 13.8 Å². The summed E-state index contributed by atoms with van der Waals surface area (Å²) in [5, 5.41) is 0. The summed E-state index contributed by atoms with van der Waals surface area (Å²) in [5.41, 5.74) is 9.64. The number of hydrogen-bond acceptors (Lipinski definition) is 1. The van der Waals surface area contributed by atoms with Gasteiger partial charge in [-0.1, -0.05) is 52.3 Å². The molecule has 1 heteroatoms. The first-order chi connectivity index (χ1) is 9.62. The zero-order valence-corrected chi connectivity index (χ0v) is 14.3. The highest BCUT2D eigenvalue weighted by molar-refractivity contribution is 5.82. The molecule has 0 spiro atoms. The van der Waals surface area contributed by atoms with E-state index in [1.807, 2.05) is 0 Å². The first-order valence-corrected chi connectivity index (χ1v) is 7.75. The lowest BCUT2D eigenvalue weighted by atomic mass is 9.80. The molecule has 1 aliphatic rings. The van der Waals surface area contributed by atoms with Gasteiger partial charge in [0.15, 0.2) is 0 Å². The molecule has 1 aliphatic carbocycles. The van der Waals surface area contributed by atoms with Crippen LogP contribution in [-0.2, 0) is 10.8 Å². The summed E-state index contributed by atoms with van der Waals surface area (Å²) in [7, 11) is 0. The van der Waals surface area contributed by atoms with Crippen molar-refractivity contribution >= 4 is 0 Å². The van der Waals surface area contributed by atoms with Crippen LogP contribution in [0.1, 0.15) is 62.6 Å². The van der Waals surface area contributed by atoms with Crippen molar-refractivity contribution < 1.29 is 0 Å². The highest BCUT2D eigenvalue weighted by Gasteiger charge is 2.37. The van der Waals surface area contributed by atoms with Gasteiger partial charge in [-0.2, -0.15) is 0 Å². The van der Waals surface area contributed by atoms with Gasteiger partial charge in [-0.15, -0.1) is 0 Å². The molecule has 0 N–H and O–H groups in total. The van der Waals surface area contributed by atoms with E-state index in [-0.39, 0.29) is 10.8 Å². The first kappa shape index (κ1) is 14.3. The minimum atomic E-state index is 0.0475. The smallest absolute Gasteiger partial charge is 0.0463 e. The number of rotatable bonds is 0. The Morgan fingerprint density at radius 1 is 0.952 bits per heavy atom. The summed E-state index contributed by atoms with van der Waals surface area (Å²) in [4.78, 5) is 4.75. The summed E-state index contributed by atoms with van der Waals surface area (Å²) in [6, 6.07) is 6.94. The van der Waals surface area contributed by atoms with Crippen LogP contribution in [0.15, 0.2) is 24.4 Å². The Labute approximate surface area is 128 Å². The fraction of sp³-hybridized carbons (Fsp3) is 0.450. The Morgan fingerprint density at radius 2 is 1.62 bits per heavy atom. The zero-order valence-electron chi connectivity index (χ0n) is 14.3. The largest absolute Gasteiger partial charge is 0.260 e. The van der Waals surface area contributed by atoms with Gasteiger partial charge in [0.25, 0.3) is 0 Å². The van der Waals surface area contributed by atoms with E-state index < -0.39 is 0 Å². The molecule has 2 aromatic rings. The average molecular weight is 279 g/mol. The highest BCUT2D eigenvalue weighted by Crippen LogP contribution is 2.50. The molecule has 0 fully saturated rings. The third-order valence-corrected chi connectivity index (χ3v) is 4.74. The van der Waals surface area contributed by atoms with Crippen molar-refractivity contribution in [1.29, 1.82) is 0 Å². The average Bonchev–Trinajstić information content (AvgIpc) is 2.57. The van der Waals surface area contributed by atoms with Gasteiger partial charge < -0.3 is 0 Å². The Kier molecular flexibility index (Phi) is 2.86. The second kappa shape index (κ2) is 4.19. The maximum Gasteiger partial charge on any atom is 0.0463 e. The van der Waals surface area contributed by atoms with Crippen LogP contribution in [0.2, 0.25) is 0 Å². The SMILES string of the molecule is Cc1cc(C)c2c(c1)-c1cc(C(C)(C)C)ncc1C2(C)C. The van der Waals surface area contributed by atoms with Gasteiger partial charge in [0.1, 0.15) is 0 Å². The van der Waals surface area contributed by atoms with E-state index >= 15 is 0 Å². The molecule has 0 amide bonds. The van der Waals surface area contributed by atoms with Crippen LogP contribution in [0.5, 0.6) is 0 Å². The van der Waals surface area contributed by atoms with Crippen molar-refractivity contribution in [3.05, 3.63) is 52.3 Å². The lowest BCUT2D eigenvalue weighted by Crippen LogP contribution is -2.18. The van der Waals surface area contributed by atoms with Gasteiger partial charge in [0.05, 0.1) is 0 Å². The normalized spacial score (nSPS) is 15.8. The molecule has 0 atom stereocenters. The van der Waals surface area contributed by atoms with Gasteiger partial charge in [-0.3, -0.25) is 4.98 Å². The first-order valence-electron chi connectivity index (χ1n) is 7.75. The second-order valence-corrected chi connectivity index (χ2v) is 7.99. The van der Waals surface area contributed by atoms with Crippen molar-refractivity contribution in [2.45, 2.75) is 59.3 Å². The van der Waals surface area contributed by atoms with Crippen molar-refractivity contribution in [3.8, 4) is 11.1 Å². The van der Waals surface area contributed by atoms with Crippen molar-refractivity contribution in [2.75, 3.05) is 0 Å². The lowest BCUT2D eigenvalue weighted by Gasteiger charge is -2.24. The number of aryl methyl sites for hydroxylation is 2. The molecule has 1 aromatic carbocycles. The van der Waals surface area contributed by atoms with Crippen LogP contribution in [0.4, 0.5) is 0 Å².